The predicted octanol–water partition coefficient (Wildman–Crippen LogP) is 2.90. The van der Waals surface area contributed by atoms with Crippen LogP contribution in [0.4, 0.5) is 5.69 Å². The molecule has 1 fully saturated rings. The summed E-state index contributed by atoms with van der Waals surface area (Å²) in [6.45, 7) is 4.58. The number of carbonyl (C=O) groups is 1. The third-order valence-corrected chi connectivity index (χ3v) is 5.27. The van der Waals surface area contributed by atoms with Crippen molar-refractivity contribution in [1.82, 2.24) is 14.9 Å². The van der Waals surface area contributed by atoms with Crippen LogP contribution < -0.4 is 4.90 Å². The van der Waals surface area contributed by atoms with Crippen LogP contribution in [-0.4, -0.2) is 40.4 Å². The minimum Gasteiger partial charge on any atom is -0.370 e. The van der Waals surface area contributed by atoms with E-state index in [0.29, 0.717) is 6.42 Å². The number of rotatable bonds is 4. The SMILES string of the molecule is Cc1cncc([C@H]2CCCN2C(=O)CCN2CCc3ccccc32)n1. The number of nitrogens with zero attached hydrogens (tertiary/aromatic N) is 4. The van der Waals surface area contributed by atoms with Crippen molar-refractivity contribution in [3.63, 3.8) is 0 Å². The number of aromatic nitrogens is 2. The molecule has 25 heavy (non-hydrogen) atoms. The molecule has 4 rings (SSSR count). The molecule has 1 amide bonds. The van der Waals surface area contributed by atoms with Crippen molar-refractivity contribution in [3.05, 3.63) is 53.6 Å². The summed E-state index contributed by atoms with van der Waals surface area (Å²) in [6, 6.07) is 8.60. The van der Waals surface area contributed by atoms with Crippen molar-refractivity contribution in [2.75, 3.05) is 24.5 Å². The van der Waals surface area contributed by atoms with Crippen molar-refractivity contribution >= 4 is 11.6 Å². The molecule has 0 unspecified atom stereocenters. The number of benzene rings is 1. The third kappa shape index (κ3) is 3.23. The van der Waals surface area contributed by atoms with Crippen LogP contribution in [0, 0.1) is 6.92 Å². The molecule has 2 aromatic rings. The summed E-state index contributed by atoms with van der Waals surface area (Å²) in [7, 11) is 0. The molecule has 1 aromatic heterocycles. The van der Waals surface area contributed by atoms with E-state index in [1.807, 2.05) is 11.8 Å². The highest BCUT2D eigenvalue weighted by Crippen LogP contribution is 2.32. The van der Waals surface area contributed by atoms with Gasteiger partial charge in [0.25, 0.3) is 0 Å². The normalized spacial score (nSPS) is 19.3. The molecule has 2 aliphatic rings. The Labute approximate surface area is 148 Å². The number of hydrogen-bond acceptors (Lipinski definition) is 4. The fourth-order valence-corrected chi connectivity index (χ4v) is 4.03. The van der Waals surface area contributed by atoms with Gasteiger partial charge in [0.05, 0.1) is 23.6 Å². The second-order valence-electron chi connectivity index (χ2n) is 6.95. The Kier molecular flexibility index (Phi) is 4.38. The van der Waals surface area contributed by atoms with Gasteiger partial charge in [-0.05, 0) is 37.8 Å². The molecule has 1 atom stereocenters. The van der Waals surface area contributed by atoms with Gasteiger partial charge in [-0.25, -0.2) is 0 Å². The van der Waals surface area contributed by atoms with Crippen LogP contribution in [0.25, 0.3) is 0 Å². The number of aryl methyl sites for hydroxylation is 1. The molecular weight excluding hydrogens is 312 g/mol. The minimum absolute atomic E-state index is 0.0887. The lowest BCUT2D eigenvalue weighted by Crippen LogP contribution is -2.34. The molecule has 5 heteroatoms. The molecule has 0 bridgehead atoms. The second-order valence-corrected chi connectivity index (χ2v) is 6.95. The molecule has 1 saturated heterocycles. The van der Waals surface area contributed by atoms with Crippen molar-refractivity contribution in [2.24, 2.45) is 0 Å². The largest absolute Gasteiger partial charge is 0.370 e. The van der Waals surface area contributed by atoms with Gasteiger partial charge in [0, 0.05) is 37.9 Å². The van der Waals surface area contributed by atoms with E-state index < -0.39 is 0 Å². The first-order valence-electron chi connectivity index (χ1n) is 9.13. The maximum Gasteiger partial charge on any atom is 0.224 e. The summed E-state index contributed by atoms with van der Waals surface area (Å²) in [5, 5.41) is 0. The summed E-state index contributed by atoms with van der Waals surface area (Å²) in [5.74, 6) is 0.232. The van der Waals surface area contributed by atoms with E-state index in [9.17, 15) is 4.79 Å². The van der Waals surface area contributed by atoms with Gasteiger partial charge in [0.15, 0.2) is 0 Å². The van der Waals surface area contributed by atoms with Crippen LogP contribution in [0.5, 0.6) is 0 Å². The highest BCUT2D eigenvalue weighted by Gasteiger charge is 2.31. The van der Waals surface area contributed by atoms with Crippen LogP contribution in [-0.2, 0) is 11.2 Å². The molecular formula is C20H24N4O. The number of carbonyl (C=O) groups excluding carboxylic acids is 1. The standard InChI is InChI=1S/C20H24N4O/c1-15-13-21-14-17(22-15)19-7-4-10-24(19)20(25)9-12-23-11-8-16-5-2-3-6-18(16)23/h2-3,5-6,13-14,19H,4,7-12H2,1H3/t19-/m1/s1. The van der Waals surface area contributed by atoms with Gasteiger partial charge in [-0.1, -0.05) is 18.2 Å². The Hall–Kier alpha value is -2.43. The minimum atomic E-state index is 0.0887. The van der Waals surface area contributed by atoms with Crippen LogP contribution in [0.2, 0.25) is 0 Å². The third-order valence-electron chi connectivity index (χ3n) is 5.27. The van der Waals surface area contributed by atoms with E-state index >= 15 is 0 Å². The quantitative estimate of drug-likeness (QED) is 0.861. The lowest BCUT2D eigenvalue weighted by Gasteiger charge is -2.26. The number of likely N-dealkylation sites (tertiary alicyclic amines) is 1. The average molecular weight is 336 g/mol. The maximum atomic E-state index is 12.8. The zero-order valence-electron chi connectivity index (χ0n) is 14.7. The zero-order chi connectivity index (χ0) is 17.2. The van der Waals surface area contributed by atoms with Gasteiger partial charge in [0.2, 0.25) is 5.91 Å². The molecule has 1 aromatic carbocycles. The van der Waals surface area contributed by atoms with Crippen molar-refractivity contribution < 1.29 is 4.79 Å². The monoisotopic (exact) mass is 336 g/mol. The Balaban J connectivity index is 1.41. The summed E-state index contributed by atoms with van der Waals surface area (Å²) < 4.78 is 0. The maximum absolute atomic E-state index is 12.8. The number of fused-ring (bicyclic) bond motifs is 1. The first-order chi connectivity index (χ1) is 12.2. The average Bonchev–Trinajstić information content (AvgIpc) is 3.27. The van der Waals surface area contributed by atoms with Gasteiger partial charge in [-0.2, -0.15) is 0 Å². The highest BCUT2D eigenvalue weighted by molar-refractivity contribution is 5.78. The van der Waals surface area contributed by atoms with E-state index in [4.69, 9.17) is 0 Å². The Morgan fingerprint density at radius 3 is 3.00 bits per heavy atom. The van der Waals surface area contributed by atoms with Crippen LogP contribution in [0.3, 0.4) is 0 Å². The summed E-state index contributed by atoms with van der Waals surface area (Å²) in [5.41, 5.74) is 4.52. The first-order valence-corrected chi connectivity index (χ1v) is 9.13. The number of hydrogen-bond donors (Lipinski definition) is 0. The number of para-hydroxylation sites is 1. The molecule has 0 radical (unpaired) electrons. The fourth-order valence-electron chi connectivity index (χ4n) is 4.03. The van der Waals surface area contributed by atoms with Gasteiger partial charge in [-0.3, -0.25) is 14.8 Å². The summed E-state index contributed by atoms with van der Waals surface area (Å²) >= 11 is 0. The number of anilines is 1. The molecule has 130 valence electrons. The zero-order valence-corrected chi connectivity index (χ0v) is 14.7. The summed E-state index contributed by atoms with van der Waals surface area (Å²) in [6.07, 6.45) is 7.23. The topological polar surface area (TPSA) is 49.3 Å². The van der Waals surface area contributed by atoms with E-state index in [1.54, 1.807) is 12.4 Å². The van der Waals surface area contributed by atoms with E-state index in [-0.39, 0.29) is 11.9 Å². The second kappa shape index (κ2) is 6.82. The molecule has 0 spiro atoms. The predicted molar refractivity (Wildman–Crippen MR) is 97.4 cm³/mol. The Bertz CT molecular complexity index is 776. The van der Waals surface area contributed by atoms with E-state index in [1.165, 1.54) is 11.3 Å². The Morgan fingerprint density at radius 2 is 2.12 bits per heavy atom. The smallest absolute Gasteiger partial charge is 0.224 e. The molecule has 0 aliphatic carbocycles. The van der Waals surface area contributed by atoms with E-state index in [2.05, 4.69) is 39.1 Å². The van der Waals surface area contributed by atoms with Gasteiger partial charge >= 0.3 is 0 Å². The lowest BCUT2D eigenvalue weighted by molar-refractivity contribution is -0.132. The summed E-state index contributed by atoms with van der Waals surface area (Å²) in [4.78, 5) is 26.0. The van der Waals surface area contributed by atoms with Crippen molar-refractivity contribution in [2.45, 2.75) is 38.6 Å². The van der Waals surface area contributed by atoms with Crippen LogP contribution >= 0.6 is 0 Å². The van der Waals surface area contributed by atoms with Crippen LogP contribution in [0.15, 0.2) is 36.7 Å². The molecule has 5 nitrogen and oxygen atoms in total. The lowest BCUT2D eigenvalue weighted by atomic mass is 10.1. The van der Waals surface area contributed by atoms with Gasteiger partial charge in [0.1, 0.15) is 0 Å². The van der Waals surface area contributed by atoms with Gasteiger partial charge in [-0.15, -0.1) is 0 Å². The van der Waals surface area contributed by atoms with E-state index in [0.717, 1.165) is 50.3 Å². The first kappa shape index (κ1) is 16.1. The van der Waals surface area contributed by atoms with Crippen molar-refractivity contribution in [3.8, 4) is 0 Å². The number of amides is 1. The van der Waals surface area contributed by atoms with Crippen LogP contribution in [0.1, 0.15) is 42.3 Å². The highest BCUT2D eigenvalue weighted by atomic mass is 16.2. The molecule has 2 aliphatic heterocycles. The van der Waals surface area contributed by atoms with Gasteiger partial charge < -0.3 is 9.80 Å². The fraction of sp³-hybridized carbons (Fsp3) is 0.450. The van der Waals surface area contributed by atoms with Crippen molar-refractivity contribution in [1.29, 1.82) is 0 Å². The molecule has 0 saturated carbocycles. The molecule has 0 N–H and O–H groups in total. The Morgan fingerprint density at radius 1 is 1.24 bits per heavy atom. The molecule has 3 heterocycles.